The van der Waals surface area contributed by atoms with E-state index in [0.717, 1.165) is 43.7 Å². The van der Waals surface area contributed by atoms with E-state index in [4.69, 9.17) is 11.6 Å². The van der Waals surface area contributed by atoms with E-state index >= 15 is 0 Å². The minimum absolute atomic E-state index is 0.0585. The van der Waals surface area contributed by atoms with E-state index in [1.165, 1.54) is 0 Å². The SMILES string of the molecule is O=C1C[C@H](c2ccccc2)C2=C(C(=O)C1=C1SCCS1)[C@H](c1ccccc1)[C@@H](c1ccc(Cl)cc1)N2. The number of Topliss-reactive ketones (excluding diaryl/α,β-unsaturated/α-hetero) is 2. The Kier molecular flexibility index (Phi) is 6.55. The molecule has 0 saturated carbocycles. The third-order valence-electron chi connectivity index (χ3n) is 7.08. The lowest BCUT2D eigenvalue weighted by atomic mass is 9.81. The number of carbonyl (C=O) groups is 2. The molecule has 0 spiro atoms. The van der Waals surface area contributed by atoms with E-state index < -0.39 is 0 Å². The summed E-state index contributed by atoms with van der Waals surface area (Å²) in [5.41, 5.74) is 5.13. The van der Waals surface area contributed by atoms with Crippen LogP contribution in [0.5, 0.6) is 0 Å². The zero-order valence-electron chi connectivity index (χ0n) is 19.4. The summed E-state index contributed by atoms with van der Waals surface area (Å²) in [7, 11) is 0. The Morgan fingerprint density at radius 2 is 1.36 bits per heavy atom. The molecular weight excluding hydrogens is 506 g/mol. The van der Waals surface area contributed by atoms with Crippen LogP contribution in [0.4, 0.5) is 0 Å². The Bertz CT molecular complexity index is 1380. The molecular formula is C30H24ClNO2S2. The number of hydrogen-bond donors (Lipinski definition) is 1. The number of allylic oxidation sites excluding steroid dienone is 2. The van der Waals surface area contributed by atoms with Gasteiger partial charge in [0.05, 0.1) is 15.9 Å². The highest BCUT2D eigenvalue weighted by molar-refractivity contribution is 8.25. The molecule has 1 saturated heterocycles. The van der Waals surface area contributed by atoms with Gasteiger partial charge >= 0.3 is 0 Å². The van der Waals surface area contributed by atoms with Gasteiger partial charge in [-0.15, -0.1) is 23.5 Å². The van der Waals surface area contributed by atoms with Crippen molar-refractivity contribution in [2.24, 2.45) is 0 Å². The molecule has 2 aliphatic heterocycles. The van der Waals surface area contributed by atoms with Gasteiger partial charge in [-0.05, 0) is 28.8 Å². The van der Waals surface area contributed by atoms with E-state index in [9.17, 15) is 9.59 Å². The highest BCUT2D eigenvalue weighted by Gasteiger charge is 2.47. The normalized spacial score (nSPS) is 24.1. The second-order valence-electron chi connectivity index (χ2n) is 9.17. The van der Waals surface area contributed by atoms with Gasteiger partial charge in [0.1, 0.15) is 0 Å². The number of nitrogens with one attached hydrogen (secondary N) is 1. The van der Waals surface area contributed by atoms with Crippen LogP contribution >= 0.6 is 35.1 Å². The predicted octanol–water partition coefficient (Wildman–Crippen LogP) is 7.04. The molecule has 0 bridgehead atoms. The number of hydrogen-bond acceptors (Lipinski definition) is 5. The summed E-state index contributed by atoms with van der Waals surface area (Å²) in [5, 5.41) is 4.43. The van der Waals surface area contributed by atoms with Crippen LogP contribution < -0.4 is 5.32 Å². The molecule has 0 radical (unpaired) electrons. The maximum absolute atomic E-state index is 14.4. The summed E-state index contributed by atoms with van der Waals surface area (Å²) in [5.74, 6) is 1.23. The van der Waals surface area contributed by atoms with Crippen LogP contribution in [-0.4, -0.2) is 23.1 Å². The Labute approximate surface area is 224 Å². The molecule has 36 heavy (non-hydrogen) atoms. The zero-order valence-corrected chi connectivity index (χ0v) is 21.8. The van der Waals surface area contributed by atoms with Crippen molar-refractivity contribution < 1.29 is 9.59 Å². The Morgan fingerprint density at radius 1 is 0.750 bits per heavy atom. The summed E-state index contributed by atoms with van der Waals surface area (Å²) in [4.78, 5) is 28.1. The molecule has 3 atom stereocenters. The van der Waals surface area contributed by atoms with Gasteiger partial charge in [0.15, 0.2) is 11.6 Å². The van der Waals surface area contributed by atoms with Gasteiger partial charge in [0.25, 0.3) is 0 Å². The lowest BCUT2D eigenvalue weighted by molar-refractivity contribution is -0.119. The van der Waals surface area contributed by atoms with Crippen molar-refractivity contribution in [1.82, 2.24) is 5.32 Å². The molecule has 1 fully saturated rings. The molecule has 3 nitrogen and oxygen atoms in total. The average molecular weight is 530 g/mol. The lowest BCUT2D eigenvalue weighted by Gasteiger charge is -2.25. The molecule has 6 heteroatoms. The smallest absolute Gasteiger partial charge is 0.196 e. The minimum atomic E-state index is -0.223. The van der Waals surface area contributed by atoms with Gasteiger partial charge in [0, 0.05) is 46.1 Å². The highest BCUT2D eigenvalue weighted by atomic mass is 35.5. The van der Waals surface area contributed by atoms with Crippen molar-refractivity contribution in [3.05, 3.63) is 128 Å². The van der Waals surface area contributed by atoms with E-state index in [0.29, 0.717) is 10.6 Å². The molecule has 3 aliphatic rings. The summed E-state index contributed by atoms with van der Waals surface area (Å²) < 4.78 is 0.882. The monoisotopic (exact) mass is 529 g/mol. The molecule has 0 aromatic heterocycles. The largest absolute Gasteiger partial charge is 0.380 e. The zero-order chi connectivity index (χ0) is 24.6. The molecule has 0 amide bonds. The summed E-state index contributed by atoms with van der Waals surface area (Å²) in [6, 6.07) is 27.9. The third kappa shape index (κ3) is 4.23. The van der Waals surface area contributed by atoms with Gasteiger partial charge in [-0.3, -0.25) is 9.59 Å². The van der Waals surface area contributed by atoms with Crippen LogP contribution in [0.3, 0.4) is 0 Å². The van der Waals surface area contributed by atoms with Crippen molar-refractivity contribution in [2.75, 3.05) is 11.5 Å². The number of benzene rings is 3. The fraction of sp³-hybridized carbons (Fsp3) is 0.200. The van der Waals surface area contributed by atoms with E-state index in [2.05, 4.69) is 29.6 Å². The number of thioether (sulfide) groups is 2. The molecule has 180 valence electrons. The van der Waals surface area contributed by atoms with Crippen molar-refractivity contribution in [1.29, 1.82) is 0 Å². The fourth-order valence-electron chi connectivity index (χ4n) is 5.46. The first-order valence-electron chi connectivity index (χ1n) is 12.1. The molecule has 1 N–H and O–H groups in total. The molecule has 2 heterocycles. The first-order chi connectivity index (χ1) is 17.6. The molecule has 6 rings (SSSR count). The lowest BCUT2D eigenvalue weighted by Crippen LogP contribution is -2.24. The third-order valence-corrected chi connectivity index (χ3v) is 10.0. The van der Waals surface area contributed by atoms with Crippen LogP contribution in [-0.2, 0) is 9.59 Å². The van der Waals surface area contributed by atoms with Crippen molar-refractivity contribution in [2.45, 2.75) is 24.3 Å². The minimum Gasteiger partial charge on any atom is -0.380 e. The Hall–Kier alpha value is -2.73. The molecule has 1 aliphatic carbocycles. The van der Waals surface area contributed by atoms with Crippen LogP contribution in [0.25, 0.3) is 0 Å². The quantitative estimate of drug-likeness (QED) is 0.291. The first kappa shape index (κ1) is 23.7. The number of rotatable bonds is 3. The van der Waals surface area contributed by atoms with Crippen molar-refractivity contribution in [3.8, 4) is 0 Å². The second-order valence-corrected chi connectivity index (χ2v) is 12.1. The van der Waals surface area contributed by atoms with Gasteiger partial charge in [-0.2, -0.15) is 0 Å². The topological polar surface area (TPSA) is 46.2 Å². The van der Waals surface area contributed by atoms with Crippen LogP contribution in [0.2, 0.25) is 5.02 Å². The van der Waals surface area contributed by atoms with Crippen molar-refractivity contribution in [3.63, 3.8) is 0 Å². The van der Waals surface area contributed by atoms with Gasteiger partial charge in [-0.1, -0.05) is 84.4 Å². The summed E-state index contributed by atoms with van der Waals surface area (Å²) in [6.07, 6.45) is 0.274. The van der Waals surface area contributed by atoms with Gasteiger partial charge in [0.2, 0.25) is 0 Å². The van der Waals surface area contributed by atoms with Crippen LogP contribution in [0.1, 0.15) is 41.0 Å². The standard InChI is InChI=1S/C30H24ClNO2S2/c31-21-13-11-20(12-14-21)27-24(19-9-5-2-6-10-19)26-28(32-27)22(18-7-3-1-4-8-18)17-23(33)25(29(26)34)30-35-15-16-36-30/h1-14,22,24,27,32H,15-17H2/t22-,24+,27-/m1/s1. The number of carbonyl (C=O) groups excluding carboxylic acids is 2. The fourth-order valence-corrected chi connectivity index (χ4v) is 8.16. The summed E-state index contributed by atoms with van der Waals surface area (Å²) in [6.45, 7) is 0. The Morgan fingerprint density at radius 3 is 2.00 bits per heavy atom. The van der Waals surface area contributed by atoms with Crippen molar-refractivity contribution >= 4 is 46.7 Å². The highest BCUT2D eigenvalue weighted by Crippen LogP contribution is 2.52. The average Bonchev–Trinajstić information content (AvgIpc) is 3.55. The van der Waals surface area contributed by atoms with E-state index in [1.54, 1.807) is 23.5 Å². The van der Waals surface area contributed by atoms with E-state index in [-0.39, 0.29) is 35.9 Å². The Balaban J connectivity index is 1.58. The molecule has 3 aromatic carbocycles. The van der Waals surface area contributed by atoms with Gasteiger partial charge in [-0.25, -0.2) is 0 Å². The predicted molar refractivity (Wildman–Crippen MR) is 149 cm³/mol. The summed E-state index contributed by atoms with van der Waals surface area (Å²) >= 11 is 9.49. The van der Waals surface area contributed by atoms with E-state index in [1.807, 2.05) is 60.7 Å². The van der Waals surface area contributed by atoms with Gasteiger partial charge < -0.3 is 5.32 Å². The number of halogens is 1. The maximum Gasteiger partial charge on any atom is 0.196 e. The first-order valence-corrected chi connectivity index (χ1v) is 14.4. The molecule has 3 aromatic rings. The maximum atomic E-state index is 14.4. The van der Waals surface area contributed by atoms with Crippen LogP contribution in [0, 0.1) is 0 Å². The van der Waals surface area contributed by atoms with Crippen LogP contribution in [0.15, 0.2) is 106 Å². The second kappa shape index (κ2) is 9.97. The molecule has 0 unspecified atom stereocenters. The number of ketones is 2.